The van der Waals surface area contributed by atoms with Crippen LogP contribution in [0.5, 0.6) is 0 Å². The normalized spacial score (nSPS) is 24.4. The van der Waals surface area contributed by atoms with Crippen molar-refractivity contribution in [2.45, 2.75) is 37.8 Å². The molecule has 0 aromatic heterocycles. The minimum absolute atomic E-state index is 0.00509. The number of amides is 1. The molecule has 4 heteroatoms. The summed E-state index contributed by atoms with van der Waals surface area (Å²) in [4.78, 5) is 16.4. The van der Waals surface area contributed by atoms with Crippen molar-refractivity contribution >= 4 is 11.9 Å². The van der Waals surface area contributed by atoms with E-state index in [0.717, 1.165) is 5.56 Å². The van der Waals surface area contributed by atoms with Crippen molar-refractivity contribution in [2.24, 2.45) is 4.99 Å². The second-order valence-electron chi connectivity index (χ2n) is 5.03. The van der Waals surface area contributed by atoms with Crippen molar-refractivity contribution < 1.29 is 4.79 Å². The van der Waals surface area contributed by atoms with Gasteiger partial charge in [0.1, 0.15) is 6.04 Å². The Morgan fingerprint density at radius 2 is 2.06 bits per heavy atom. The maximum atomic E-state index is 11.9. The molecule has 1 aliphatic carbocycles. The summed E-state index contributed by atoms with van der Waals surface area (Å²) in [6.45, 7) is 2.04. The molecule has 1 saturated carbocycles. The minimum Gasteiger partial charge on any atom is -0.353 e. The van der Waals surface area contributed by atoms with E-state index in [2.05, 4.69) is 15.6 Å². The molecular weight excluding hydrogens is 226 g/mol. The van der Waals surface area contributed by atoms with Crippen LogP contribution >= 0.6 is 0 Å². The summed E-state index contributed by atoms with van der Waals surface area (Å²) in [7, 11) is 0. The van der Waals surface area contributed by atoms with Crippen LogP contribution in [0, 0.1) is 0 Å². The van der Waals surface area contributed by atoms with Crippen molar-refractivity contribution in [3.8, 4) is 0 Å². The molecule has 0 spiro atoms. The Morgan fingerprint density at radius 3 is 2.72 bits per heavy atom. The molecular formula is C14H17N3O. The van der Waals surface area contributed by atoms with E-state index in [0.29, 0.717) is 12.0 Å². The van der Waals surface area contributed by atoms with Crippen LogP contribution in [-0.2, 0) is 4.79 Å². The molecule has 18 heavy (non-hydrogen) atoms. The highest BCUT2D eigenvalue weighted by Gasteiger charge is 2.34. The van der Waals surface area contributed by atoms with Crippen LogP contribution in [0.15, 0.2) is 35.3 Å². The third kappa shape index (κ3) is 2.23. The summed E-state index contributed by atoms with van der Waals surface area (Å²) in [5.74, 6) is 0.745. The zero-order valence-corrected chi connectivity index (χ0v) is 10.4. The van der Waals surface area contributed by atoms with E-state index < -0.39 is 0 Å². The molecule has 0 radical (unpaired) electrons. The van der Waals surface area contributed by atoms with Crippen LogP contribution < -0.4 is 10.6 Å². The molecule has 1 aliphatic heterocycles. The molecule has 2 N–H and O–H groups in total. The van der Waals surface area contributed by atoms with Crippen molar-refractivity contribution in [2.75, 3.05) is 0 Å². The molecule has 1 fully saturated rings. The zero-order chi connectivity index (χ0) is 12.5. The number of aliphatic imine (C=N–C) groups is 1. The molecule has 1 aromatic rings. The van der Waals surface area contributed by atoms with E-state index in [1.807, 2.05) is 37.3 Å². The molecule has 1 aromatic carbocycles. The van der Waals surface area contributed by atoms with Crippen molar-refractivity contribution in [3.63, 3.8) is 0 Å². The van der Waals surface area contributed by atoms with Crippen LogP contribution in [0.25, 0.3) is 0 Å². The van der Waals surface area contributed by atoms with E-state index in [1.54, 1.807) is 0 Å². The smallest absolute Gasteiger partial charge is 0.252 e. The van der Waals surface area contributed by atoms with Crippen LogP contribution in [0.4, 0.5) is 0 Å². The number of nitrogens with one attached hydrogen (secondary N) is 2. The second kappa shape index (κ2) is 4.44. The van der Waals surface area contributed by atoms with Gasteiger partial charge < -0.3 is 5.32 Å². The largest absolute Gasteiger partial charge is 0.353 e. The molecule has 2 atom stereocenters. The quantitative estimate of drug-likeness (QED) is 0.843. The molecule has 2 unspecified atom stereocenters. The summed E-state index contributed by atoms with van der Waals surface area (Å²) >= 11 is 0. The number of benzene rings is 1. The monoisotopic (exact) mass is 243 g/mol. The first kappa shape index (κ1) is 11.3. The average Bonchev–Trinajstić information content (AvgIpc) is 3.12. The first-order chi connectivity index (χ1) is 8.74. The first-order valence-electron chi connectivity index (χ1n) is 6.44. The Kier molecular flexibility index (Phi) is 2.78. The SMILES string of the molecule is CC(c1ccccc1)C1N=C(NC2CC2)NC1=O. The minimum atomic E-state index is -0.311. The number of carbonyl (C=O) groups is 1. The van der Waals surface area contributed by atoms with Gasteiger partial charge in [0.15, 0.2) is 5.96 Å². The molecule has 2 aliphatic rings. The highest BCUT2D eigenvalue weighted by molar-refractivity contribution is 6.05. The topological polar surface area (TPSA) is 53.5 Å². The van der Waals surface area contributed by atoms with Gasteiger partial charge in [0.2, 0.25) is 0 Å². The van der Waals surface area contributed by atoms with Crippen molar-refractivity contribution in [1.82, 2.24) is 10.6 Å². The predicted octanol–water partition coefficient (Wildman–Crippen LogP) is 1.40. The summed E-state index contributed by atoms with van der Waals surface area (Å²) in [5, 5.41) is 6.06. The summed E-state index contributed by atoms with van der Waals surface area (Å²) in [5.41, 5.74) is 1.15. The number of hydrogen-bond acceptors (Lipinski definition) is 3. The molecule has 94 valence electrons. The van der Waals surface area contributed by atoms with E-state index in [-0.39, 0.29) is 17.9 Å². The van der Waals surface area contributed by atoms with Crippen LogP contribution in [0.1, 0.15) is 31.2 Å². The number of carbonyl (C=O) groups excluding carboxylic acids is 1. The van der Waals surface area contributed by atoms with Gasteiger partial charge in [-0.3, -0.25) is 10.1 Å². The summed E-state index contributed by atoms with van der Waals surface area (Å²) in [6.07, 6.45) is 2.35. The maximum Gasteiger partial charge on any atom is 0.252 e. The lowest BCUT2D eigenvalue weighted by Gasteiger charge is -2.14. The lowest BCUT2D eigenvalue weighted by molar-refractivity contribution is -0.120. The Bertz CT molecular complexity index is 479. The molecule has 1 amide bonds. The van der Waals surface area contributed by atoms with E-state index in [1.165, 1.54) is 12.8 Å². The van der Waals surface area contributed by atoms with Gasteiger partial charge in [0.25, 0.3) is 5.91 Å². The average molecular weight is 243 g/mol. The molecule has 3 rings (SSSR count). The Labute approximate surface area is 106 Å². The molecule has 0 saturated heterocycles. The third-order valence-corrected chi connectivity index (χ3v) is 3.50. The maximum absolute atomic E-state index is 11.9. The van der Waals surface area contributed by atoms with Gasteiger partial charge in [0.05, 0.1) is 0 Å². The number of guanidine groups is 1. The van der Waals surface area contributed by atoms with Crippen LogP contribution in [0.2, 0.25) is 0 Å². The summed E-state index contributed by atoms with van der Waals surface area (Å²) < 4.78 is 0. The van der Waals surface area contributed by atoms with Gasteiger partial charge in [-0.1, -0.05) is 37.3 Å². The number of hydrogen-bond donors (Lipinski definition) is 2. The Balaban J connectivity index is 1.74. The Morgan fingerprint density at radius 1 is 1.33 bits per heavy atom. The molecule has 4 nitrogen and oxygen atoms in total. The zero-order valence-electron chi connectivity index (χ0n) is 10.4. The van der Waals surface area contributed by atoms with Gasteiger partial charge in [-0.05, 0) is 18.4 Å². The summed E-state index contributed by atoms with van der Waals surface area (Å²) in [6, 6.07) is 10.2. The first-order valence-corrected chi connectivity index (χ1v) is 6.44. The van der Waals surface area contributed by atoms with E-state index in [4.69, 9.17) is 0 Å². The fourth-order valence-corrected chi connectivity index (χ4v) is 2.19. The lowest BCUT2D eigenvalue weighted by Crippen LogP contribution is -2.38. The second-order valence-corrected chi connectivity index (χ2v) is 5.03. The van der Waals surface area contributed by atoms with Crippen LogP contribution in [0.3, 0.4) is 0 Å². The van der Waals surface area contributed by atoms with E-state index >= 15 is 0 Å². The number of rotatable bonds is 3. The van der Waals surface area contributed by atoms with Gasteiger partial charge in [-0.15, -0.1) is 0 Å². The third-order valence-electron chi connectivity index (χ3n) is 3.50. The van der Waals surface area contributed by atoms with Crippen molar-refractivity contribution in [1.29, 1.82) is 0 Å². The van der Waals surface area contributed by atoms with E-state index in [9.17, 15) is 4.79 Å². The standard InChI is InChI=1S/C14H17N3O/c1-9(10-5-3-2-4-6-10)12-13(18)17-14(16-12)15-11-7-8-11/h2-6,9,11-12H,7-8H2,1H3,(H2,15,16,17,18). The fraction of sp³-hybridized carbons (Fsp3) is 0.429. The molecule has 1 heterocycles. The fourth-order valence-electron chi connectivity index (χ4n) is 2.19. The highest BCUT2D eigenvalue weighted by Crippen LogP contribution is 2.24. The molecule has 0 bridgehead atoms. The number of nitrogens with zero attached hydrogens (tertiary/aromatic N) is 1. The predicted molar refractivity (Wildman–Crippen MR) is 70.4 cm³/mol. The van der Waals surface area contributed by atoms with Gasteiger partial charge >= 0.3 is 0 Å². The van der Waals surface area contributed by atoms with Crippen LogP contribution in [-0.4, -0.2) is 24.0 Å². The van der Waals surface area contributed by atoms with Gasteiger partial charge in [-0.2, -0.15) is 0 Å². The van der Waals surface area contributed by atoms with Gasteiger partial charge in [0, 0.05) is 12.0 Å². The Hall–Kier alpha value is -1.84. The lowest BCUT2D eigenvalue weighted by atomic mass is 9.94. The van der Waals surface area contributed by atoms with Crippen molar-refractivity contribution in [3.05, 3.63) is 35.9 Å². The highest BCUT2D eigenvalue weighted by atomic mass is 16.2. The van der Waals surface area contributed by atoms with Gasteiger partial charge in [-0.25, -0.2) is 4.99 Å².